The van der Waals surface area contributed by atoms with Crippen LogP contribution >= 0.6 is 0 Å². The summed E-state index contributed by atoms with van der Waals surface area (Å²) in [5, 5.41) is 9.97. The zero-order valence-electron chi connectivity index (χ0n) is 18.9. The van der Waals surface area contributed by atoms with Crippen LogP contribution in [0.1, 0.15) is 84.2 Å². The van der Waals surface area contributed by atoms with E-state index in [9.17, 15) is 9.18 Å². The first kappa shape index (κ1) is 21.3. The van der Waals surface area contributed by atoms with E-state index in [4.69, 9.17) is 5.10 Å². The van der Waals surface area contributed by atoms with Gasteiger partial charge in [0.1, 0.15) is 11.5 Å². The van der Waals surface area contributed by atoms with E-state index in [1.54, 1.807) is 6.07 Å². The van der Waals surface area contributed by atoms with E-state index in [0.29, 0.717) is 23.6 Å². The molecule has 164 valence electrons. The Morgan fingerprint density at radius 3 is 2.67 bits per heavy atom. The number of unbranched alkanes of at least 4 members (excludes halogenated alkanes) is 2. The molecular weight excluding hydrogens is 377 g/mol. The fraction of sp³-hybridized carbons (Fsp3) is 0.680. The van der Waals surface area contributed by atoms with E-state index >= 15 is 0 Å². The second-order valence-electron chi connectivity index (χ2n) is 10.3. The highest BCUT2D eigenvalue weighted by molar-refractivity contribution is 6.39. The fourth-order valence-electron chi connectivity index (χ4n) is 6.10. The lowest BCUT2D eigenvalue weighted by atomic mass is 9.69. The van der Waals surface area contributed by atoms with Crippen LogP contribution in [0.15, 0.2) is 29.4 Å². The lowest BCUT2D eigenvalue weighted by Crippen LogP contribution is -2.48. The molecule has 3 aliphatic rings. The Labute approximate surface area is 180 Å². The highest BCUT2D eigenvalue weighted by Gasteiger charge is 2.61. The third-order valence-corrected chi connectivity index (χ3v) is 8.61. The number of amides is 1. The van der Waals surface area contributed by atoms with Crippen molar-refractivity contribution in [1.82, 2.24) is 10.3 Å². The molecule has 2 bridgehead atoms. The second kappa shape index (κ2) is 7.97. The van der Waals surface area contributed by atoms with Crippen LogP contribution < -0.4 is 5.32 Å². The van der Waals surface area contributed by atoms with Crippen LogP contribution in [0, 0.1) is 22.6 Å². The molecule has 1 aromatic rings. The molecule has 4 atom stereocenters. The largest absolute Gasteiger partial charge is 0.348 e. The molecule has 2 fully saturated rings. The van der Waals surface area contributed by atoms with E-state index in [1.807, 2.05) is 17.1 Å². The lowest BCUT2D eigenvalue weighted by molar-refractivity contribution is -0.116. The van der Waals surface area contributed by atoms with Crippen LogP contribution in [0.4, 0.5) is 4.39 Å². The van der Waals surface area contributed by atoms with Crippen LogP contribution in [0.3, 0.4) is 0 Å². The second-order valence-corrected chi connectivity index (χ2v) is 10.3. The SMILES string of the molecule is CCCCCN1N=C(C(=O)N[C@H]2C[C@@H]3CC[C@]2(C)C3(C)C)CC1c1ccccc1F. The number of nitrogens with zero attached hydrogens (tertiary/aromatic N) is 2. The molecule has 0 spiro atoms. The highest BCUT2D eigenvalue weighted by Crippen LogP contribution is 2.65. The van der Waals surface area contributed by atoms with Gasteiger partial charge in [-0.05, 0) is 48.5 Å². The zero-order valence-corrected chi connectivity index (χ0v) is 18.9. The summed E-state index contributed by atoms with van der Waals surface area (Å²) in [6, 6.07) is 6.89. The van der Waals surface area contributed by atoms with Crippen molar-refractivity contribution in [1.29, 1.82) is 0 Å². The molecule has 2 saturated carbocycles. The van der Waals surface area contributed by atoms with Crippen molar-refractivity contribution in [3.05, 3.63) is 35.6 Å². The summed E-state index contributed by atoms with van der Waals surface area (Å²) in [4.78, 5) is 13.2. The van der Waals surface area contributed by atoms with E-state index < -0.39 is 0 Å². The maximum absolute atomic E-state index is 14.5. The van der Waals surface area contributed by atoms with Crippen molar-refractivity contribution in [2.45, 2.75) is 84.7 Å². The number of benzene rings is 1. The maximum atomic E-state index is 14.5. The number of nitrogens with one attached hydrogen (secondary N) is 1. The summed E-state index contributed by atoms with van der Waals surface area (Å²) < 4.78 is 14.5. The van der Waals surface area contributed by atoms with Crippen LogP contribution in [0.2, 0.25) is 0 Å². The van der Waals surface area contributed by atoms with E-state index in [0.717, 1.165) is 32.2 Å². The molecule has 1 amide bonds. The van der Waals surface area contributed by atoms with E-state index in [2.05, 4.69) is 33.0 Å². The Morgan fingerprint density at radius 2 is 2.03 bits per heavy atom. The first-order chi connectivity index (χ1) is 14.3. The van der Waals surface area contributed by atoms with Crippen molar-refractivity contribution >= 4 is 11.6 Å². The predicted molar refractivity (Wildman–Crippen MR) is 119 cm³/mol. The Morgan fingerprint density at radius 1 is 1.27 bits per heavy atom. The summed E-state index contributed by atoms with van der Waals surface area (Å²) in [7, 11) is 0. The van der Waals surface area contributed by atoms with E-state index in [-0.39, 0.29) is 34.6 Å². The molecule has 1 unspecified atom stereocenters. The number of hydrazone groups is 1. The van der Waals surface area contributed by atoms with Gasteiger partial charge in [0.25, 0.3) is 5.91 Å². The quantitative estimate of drug-likeness (QED) is 0.604. The normalized spacial score (nSPS) is 31.8. The first-order valence-corrected chi connectivity index (χ1v) is 11.7. The molecule has 30 heavy (non-hydrogen) atoms. The molecule has 0 radical (unpaired) electrons. The van der Waals surface area contributed by atoms with Gasteiger partial charge in [0.15, 0.2) is 0 Å². The van der Waals surface area contributed by atoms with Crippen molar-refractivity contribution in [3.8, 4) is 0 Å². The van der Waals surface area contributed by atoms with Gasteiger partial charge in [0.05, 0.1) is 6.04 Å². The highest BCUT2D eigenvalue weighted by atomic mass is 19.1. The van der Waals surface area contributed by atoms with Crippen LogP contribution in [0.5, 0.6) is 0 Å². The van der Waals surface area contributed by atoms with Gasteiger partial charge >= 0.3 is 0 Å². The number of rotatable bonds is 7. The number of carbonyl (C=O) groups excluding carboxylic acids is 1. The van der Waals surface area contributed by atoms with Crippen molar-refractivity contribution in [2.75, 3.05) is 6.54 Å². The summed E-state index contributed by atoms with van der Waals surface area (Å²) in [5.74, 6) is 0.390. The van der Waals surface area contributed by atoms with Crippen LogP contribution in [0.25, 0.3) is 0 Å². The van der Waals surface area contributed by atoms with Gasteiger partial charge in [0, 0.05) is 24.6 Å². The smallest absolute Gasteiger partial charge is 0.267 e. The summed E-state index contributed by atoms with van der Waals surface area (Å²) in [5.41, 5.74) is 1.57. The summed E-state index contributed by atoms with van der Waals surface area (Å²) in [6.07, 6.45) is 7.17. The number of hydrogen-bond acceptors (Lipinski definition) is 3. The minimum Gasteiger partial charge on any atom is -0.348 e. The van der Waals surface area contributed by atoms with Crippen LogP contribution in [-0.4, -0.2) is 29.2 Å². The number of fused-ring (bicyclic) bond motifs is 2. The Bertz CT molecular complexity index is 835. The fourth-order valence-corrected chi connectivity index (χ4v) is 6.10. The Hall–Kier alpha value is -1.91. The molecule has 1 heterocycles. The molecule has 5 heteroatoms. The molecule has 1 aliphatic heterocycles. The third kappa shape index (κ3) is 3.44. The average molecular weight is 414 g/mol. The third-order valence-electron chi connectivity index (χ3n) is 8.61. The van der Waals surface area contributed by atoms with Crippen molar-refractivity contribution in [3.63, 3.8) is 0 Å². The van der Waals surface area contributed by atoms with Crippen LogP contribution in [-0.2, 0) is 4.79 Å². The summed E-state index contributed by atoms with van der Waals surface area (Å²) in [6.45, 7) is 9.96. The van der Waals surface area contributed by atoms with Gasteiger partial charge in [-0.2, -0.15) is 5.10 Å². The molecule has 0 saturated heterocycles. The Balaban J connectivity index is 1.50. The summed E-state index contributed by atoms with van der Waals surface area (Å²) >= 11 is 0. The van der Waals surface area contributed by atoms with Gasteiger partial charge in [-0.1, -0.05) is 58.7 Å². The average Bonchev–Trinajstić information content (AvgIpc) is 3.28. The predicted octanol–water partition coefficient (Wildman–Crippen LogP) is 5.45. The Kier molecular flexibility index (Phi) is 5.67. The van der Waals surface area contributed by atoms with Gasteiger partial charge in [-0.15, -0.1) is 0 Å². The standard InChI is InChI=1S/C25H36FN3O/c1-5-6-9-14-29-21(18-10-7-8-11-19(18)26)16-20(28-29)23(30)27-22-15-17-12-13-25(22,4)24(17,2)3/h7-8,10-11,17,21-22H,5-6,9,12-16H2,1-4H3,(H,27,30)/t17-,21?,22-,25-/m0/s1. The molecular formula is C25H36FN3O. The maximum Gasteiger partial charge on any atom is 0.267 e. The van der Waals surface area contributed by atoms with Crippen molar-refractivity contribution < 1.29 is 9.18 Å². The molecule has 2 aliphatic carbocycles. The van der Waals surface area contributed by atoms with Crippen molar-refractivity contribution in [2.24, 2.45) is 21.8 Å². The van der Waals surface area contributed by atoms with Gasteiger partial charge in [-0.25, -0.2) is 4.39 Å². The molecule has 4 rings (SSSR count). The molecule has 0 aromatic heterocycles. The van der Waals surface area contributed by atoms with E-state index in [1.165, 1.54) is 18.9 Å². The molecule has 4 nitrogen and oxygen atoms in total. The zero-order chi connectivity index (χ0) is 21.5. The minimum absolute atomic E-state index is 0.0658. The minimum atomic E-state index is -0.220. The number of halogens is 1. The molecule has 1 N–H and O–H groups in total. The van der Waals surface area contributed by atoms with Gasteiger partial charge in [-0.3, -0.25) is 9.80 Å². The van der Waals surface area contributed by atoms with Gasteiger partial charge in [0.2, 0.25) is 0 Å². The lowest BCUT2D eigenvalue weighted by Gasteiger charge is -2.39. The van der Waals surface area contributed by atoms with Gasteiger partial charge < -0.3 is 5.32 Å². The molecule has 1 aromatic carbocycles. The number of hydrogen-bond donors (Lipinski definition) is 1. The number of carbonyl (C=O) groups is 1. The topological polar surface area (TPSA) is 44.7 Å². The monoisotopic (exact) mass is 413 g/mol. The first-order valence-electron chi connectivity index (χ1n) is 11.7.